The second-order valence-electron chi connectivity index (χ2n) is 6.61. The maximum absolute atomic E-state index is 12.8. The molecule has 0 saturated carbocycles. The molecule has 0 radical (unpaired) electrons. The van der Waals surface area contributed by atoms with Crippen molar-refractivity contribution in [1.29, 1.82) is 0 Å². The lowest BCUT2D eigenvalue weighted by molar-refractivity contribution is -0.123. The Balaban J connectivity index is 1.26. The second-order valence-corrected chi connectivity index (χ2v) is 6.61. The first-order valence-corrected chi connectivity index (χ1v) is 9.38. The number of amides is 1. The summed E-state index contributed by atoms with van der Waals surface area (Å²) in [6, 6.07) is 16.1. The van der Waals surface area contributed by atoms with Crippen molar-refractivity contribution >= 4 is 11.6 Å². The summed E-state index contributed by atoms with van der Waals surface area (Å²) in [4.78, 5) is 16.6. The van der Waals surface area contributed by atoms with Crippen LogP contribution in [-0.2, 0) is 4.79 Å². The van der Waals surface area contributed by atoms with E-state index in [0.29, 0.717) is 12.3 Å². The molecule has 0 atom stereocenters. The summed E-state index contributed by atoms with van der Waals surface area (Å²) in [5.41, 5.74) is 1.28. The number of nitrogens with one attached hydrogen (secondary N) is 1. The van der Waals surface area contributed by atoms with Crippen molar-refractivity contribution in [3.63, 3.8) is 0 Å². The van der Waals surface area contributed by atoms with Crippen molar-refractivity contribution in [2.24, 2.45) is 0 Å². The zero-order valence-corrected chi connectivity index (χ0v) is 15.4. The fourth-order valence-corrected chi connectivity index (χ4v) is 3.13. The van der Waals surface area contributed by atoms with E-state index in [1.54, 1.807) is 0 Å². The van der Waals surface area contributed by atoms with Gasteiger partial charge in [-0.1, -0.05) is 18.2 Å². The Morgan fingerprint density at radius 1 is 1.00 bits per heavy atom. The number of carbonyl (C=O) groups excluding carboxylic acids is 1. The number of anilines is 1. The van der Waals surface area contributed by atoms with Gasteiger partial charge in [0.1, 0.15) is 11.6 Å². The van der Waals surface area contributed by atoms with E-state index >= 15 is 0 Å². The molecule has 0 aliphatic carbocycles. The SMILES string of the molecule is O=C(COc1ccc(F)cc1)NCCCN1CCN(c2ccccc2)CC1. The lowest BCUT2D eigenvalue weighted by Gasteiger charge is -2.36. The van der Waals surface area contributed by atoms with Gasteiger partial charge < -0.3 is 15.0 Å². The van der Waals surface area contributed by atoms with E-state index in [9.17, 15) is 9.18 Å². The van der Waals surface area contributed by atoms with Gasteiger partial charge >= 0.3 is 0 Å². The monoisotopic (exact) mass is 371 g/mol. The van der Waals surface area contributed by atoms with Crippen molar-refractivity contribution in [3.8, 4) is 5.75 Å². The number of para-hydroxylation sites is 1. The van der Waals surface area contributed by atoms with E-state index in [1.165, 1.54) is 30.0 Å². The average Bonchev–Trinajstić information content (AvgIpc) is 2.72. The minimum atomic E-state index is -0.323. The van der Waals surface area contributed by atoms with E-state index in [-0.39, 0.29) is 18.3 Å². The zero-order valence-electron chi connectivity index (χ0n) is 15.4. The number of nitrogens with zero attached hydrogens (tertiary/aromatic N) is 2. The van der Waals surface area contributed by atoms with Crippen LogP contribution in [0.5, 0.6) is 5.75 Å². The third-order valence-electron chi connectivity index (χ3n) is 4.65. The molecule has 6 heteroatoms. The van der Waals surface area contributed by atoms with Crippen LogP contribution < -0.4 is 15.0 Å². The first kappa shape index (κ1) is 19.2. The first-order chi connectivity index (χ1) is 13.2. The number of hydrogen-bond acceptors (Lipinski definition) is 4. The molecule has 0 aromatic heterocycles. The van der Waals surface area contributed by atoms with Gasteiger partial charge in [-0.15, -0.1) is 0 Å². The van der Waals surface area contributed by atoms with Gasteiger partial charge in [0.25, 0.3) is 5.91 Å². The van der Waals surface area contributed by atoms with E-state index in [0.717, 1.165) is 39.1 Å². The Morgan fingerprint density at radius 3 is 2.41 bits per heavy atom. The molecule has 2 aromatic rings. The van der Waals surface area contributed by atoms with E-state index in [1.807, 2.05) is 6.07 Å². The lowest BCUT2D eigenvalue weighted by atomic mass is 10.2. The quantitative estimate of drug-likeness (QED) is 0.725. The third kappa shape index (κ3) is 6.25. The Bertz CT molecular complexity index is 701. The highest BCUT2D eigenvalue weighted by molar-refractivity contribution is 5.77. The molecule has 1 amide bonds. The fraction of sp³-hybridized carbons (Fsp3) is 0.381. The second kappa shape index (κ2) is 9.92. The molecule has 0 spiro atoms. The summed E-state index contributed by atoms with van der Waals surface area (Å²) in [6.45, 7) is 5.68. The molecule has 0 bridgehead atoms. The van der Waals surface area contributed by atoms with Crippen molar-refractivity contribution in [1.82, 2.24) is 10.2 Å². The molecule has 1 aliphatic heterocycles. The van der Waals surface area contributed by atoms with Crippen molar-refractivity contribution < 1.29 is 13.9 Å². The summed E-state index contributed by atoms with van der Waals surface area (Å²) in [5, 5.41) is 2.86. The van der Waals surface area contributed by atoms with Crippen LogP contribution in [0.4, 0.5) is 10.1 Å². The number of benzene rings is 2. The Hall–Kier alpha value is -2.60. The van der Waals surface area contributed by atoms with Gasteiger partial charge in [0.05, 0.1) is 0 Å². The standard InChI is InChI=1S/C21H26FN3O2/c22-18-7-9-20(10-8-18)27-17-21(26)23-11-4-12-24-13-15-25(16-14-24)19-5-2-1-3-6-19/h1-3,5-10H,4,11-17H2,(H,23,26). The molecule has 27 heavy (non-hydrogen) atoms. The molecule has 3 rings (SSSR count). The Morgan fingerprint density at radius 2 is 1.70 bits per heavy atom. The van der Waals surface area contributed by atoms with Crippen LogP contribution in [0.1, 0.15) is 6.42 Å². The molecular formula is C21H26FN3O2. The molecule has 0 unspecified atom stereocenters. The maximum atomic E-state index is 12.8. The van der Waals surface area contributed by atoms with Crippen molar-refractivity contribution in [3.05, 3.63) is 60.4 Å². The Labute approximate surface area is 159 Å². The van der Waals surface area contributed by atoms with Crippen molar-refractivity contribution in [2.75, 3.05) is 50.8 Å². The van der Waals surface area contributed by atoms with Crippen LogP contribution in [-0.4, -0.2) is 56.7 Å². The van der Waals surface area contributed by atoms with Crippen LogP contribution in [0, 0.1) is 5.82 Å². The lowest BCUT2D eigenvalue weighted by Crippen LogP contribution is -2.47. The summed E-state index contributed by atoms with van der Waals surface area (Å²) < 4.78 is 18.1. The van der Waals surface area contributed by atoms with Crippen LogP contribution >= 0.6 is 0 Å². The summed E-state index contributed by atoms with van der Waals surface area (Å²) in [7, 11) is 0. The van der Waals surface area contributed by atoms with Crippen molar-refractivity contribution in [2.45, 2.75) is 6.42 Å². The number of carbonyl (C=O) groups is 1. The number of hydrogen-bond donors (Lipinski definition) is 1. The Kier molecular flexibility index (Phi) is 7.04. The fourth-order valence-electron chi connectivity index (χ4n) is 3.13. The highest BCUT2D eigenvalue weighted by Gasteiger charge is 2.16. The van der Waals surface area contributed by atoms with Gasteiger partial charge in [0.15, 0.2) is 6.61 Å². The molecule has 5 nitrogen and oxygen atoms in total. The van der Waals surface area contributed by atoms with E-state index < -0.39 is 0 Å². The smallest absolute Gasteiger partial charge is 0.257 e. The molecular weight excluding hydrogens is 345 g/mol. The number of rotatable bonds is 8. The normalized spacial score (nSPS) is 14.8. The van der Waals surface area contributed by atoms with Crippen LogP contribution in [0.2, 0.25) is 0 Å². The summed E-state index contributed by atoms with van der Waals surface area (Å²) in [6.07, 6.45) is 0.910. The first-order valence-electron chi connectivity index (χ1n) is 9.38. The molecule has 2 aromatic carbocycles. The number of halogens is 1. The third-order valence-corrected chi connectivity index (χ3v) is 4.65. The molecule has 1 fully saturated rings. The maximum Gasteiger partial charge on any atom is 0.257 e. The predicted octanol–water partition coefficient (Wildman–Crippen LogP) is 2.53. The molecule has 1 aliphatic rings. The minimum Gasteiger partial charge on any atom is -0.484 e. The van der Waals surface area contributed by atoms with Crippen LogP contribution in [0.3, 0.4) is 0 Å². The van der Waals surface area contributed by atoms with Gasteiger partial charge in [-0.25, -0.2) is 4.39 Å². The molecule has 1 N–H and O–H groups in total. The van der Waals surface area contributed by atoms with Crippen LogP contribution in [0.15, 0.2) is 54.6 Å². The minimum absolute atomic E-state index is 0.0542. The summed E-state index contributed by atoms with van der Waals surface area (Å²) in [5.74, 6) is 0.00691. The number of ether oxygens (including phenoxy) is 1. The molecule has 1 heterocycles. The zero-order chi connectivity index (χ0) is 18.9. The van der Waals surface area contributed by atoms with Crippen LogP contribution in [0.25, 0.3) is 0 Å². The number of piperazine rings is 1. The molecule has 1 saturated heterocycles. The van der Waals surface area contributed by atoms with Gasteiger partial charge in [0.2, 0.25) is 0 Å². The van der Waals surface area contributed by atoms with Gasteiger partial charge in [-0.3, -0.25) is 9.69 Å². The van der Waals surface area contributed by atoms with Gasteiger partial charge in [-0.2, -0.15) is 0 Å². The highest BCUT2D eigenvalue weighted by atomic mass is 19.1. The summed E-state index contributed by atoms with van der Waals surface area (Å²) >= 11 is 0. The molecule has 144 valence electrons. The topological polar surface area (TPSA) is 44.8 Å². The van der Waals surface area contributed by atoms with Gasteiger partial charge in [-0.05, 0) is 49.4 Å². The largest absolute Gasteiger partial charge is 0.484 e. The highest BCUT2D eigenvalue weighted by Crippen LogP contribution is 2.15. The van der Waals surface area contributed by atoms with E-state index in [4.69, 9.17) is 4.74 Å². The average molecular weight is 371 g/mol. The van der Waals surface area contributed by atoms with E-state index in [2.05, 4.69) is 39.4 Å². The van der Waals surface area contributed by atoms with Gasteiger partial charge in [0, 0.05) is 38.4 Å². The predicted molar refractivity (Wildman–Crippen MR) is 105 cm³/mol.